The summed E-state index contributed by atoms with van der Waals surface area (Å²) in [6, 6.07) is 0. The Morgan fingerprint density at radius 2 is 0.828 bits per heavy atom. The molecule has 29 heavy (non-hydrogen) atoms. The number of rotatable bonds is 1. The van der Waals surface area contributed by atoms with Crippen LogP contribution in [0.1, 0.15) is 40.5 Å². The van der Waals surface area contributed by atoms with Crippen LogP contribution in [0.3, 0.4) is 0 Å². The van der Waals surface area contributed by atoms with Crippen LogP contribution in [0, 0.1) is 36.8 Å². The van der Waals surface area contributed by atoms with Crippen molar-refractivity contribution >= 4 is 24.2 Å². The zero-order valence-electron chi connectivity index (χ0n) is 22.6. The minimum atomic E-state index is -0.934. The first-order valence-corrected chi connectivity index (χ1v) is 22.5. The zero-order chi connectivity index (χ0) is 22.9. The van der Waals surface area contributed by atoms with Gasteiger partial charge in [0.15, 0.2) is 0 Å². The van der Waals surface area contributed by atoms with Crippen LogP contribution in [0.15, 0.2) is 0 Å². The van der Waals surface area contributed by atoms with Gasteiger partial charge in [0.05, 0.1) is 0 Å². The Morgan fingerprint density at radius 1 is 0.586 bits per heavy atom. The molecule has 0 aromatic heterocycles. The average molecular weight is 534 g/mol. The molecule has 1 saturated heterocycles. The quantitative estimate of drug-likeness (QED) is 0.243. The van der Waals surface area contributed by atoms with Crippen molar-refractivity contribution in [1.29, 1.82) is 0 Å². The van der Waals surface area contributed by atoms with Crippen LogP contribution in [0.4, 0.5) is 0 Å². The smallest absolute Gasteiger partial charge is 0.381 e. The molecular formula is C24H56OSi3Y+. The summed E-state index contributed by atoms with van der Waals surface area (Å²) in [6.45, 7) is 40.6. The first kappa shape index (κ1) is 35.3. The molecule has 4 atom stereocenters. The van der Waals surface area contributed by atoms with Crippen LogP contribution in [0.5, 0.6) is 0 Å². The van der Waals surface area contributed by atoms with Crippen molar-refractivity contribution in [3.63, 3.8) is 0 Å². The Balaban J connectivity index is -0.000000352. The van der Waals surface area contributed by atoms with E-state index in [4.69, 9.17) is 4.74 Å². The molecule has 4 unspecified atom stereocenters. The SMILES string of the molecule is C1CCOC1.CC1C(C)C(C)C([Si](C)(C)C)C1C.[CH2-][Si](C)(C)C.[CH2-][Si](C)(C)C.[Y+3]. The molecule has 0 amide bonds. The van der Waals surface area contributed by atoms with Crippen molar-refractivity contribution < 1.29 is 37.4 Å². The summed E-state index contributed by atoms with van der Waals surface area (Å²) in [5.41, 5.74) is 1.04. The minimum absolute atomic E-state index is 0. The predicted molar refractivity (Wildman–Crippen MR) is 141 cm³/mol. The van der Waals surface area contributed by atoms with Crippen molar-refractivity contribution in [2.75, 3.05) is 13.2 Å². The predicted octanol–water partition coefficient (Wildman–Crippen LogP) is 8.44. The Labute approximate surface area is 215 Å². The molecule has 1 aliphatic carbocycles. The third-order valence-corrected chi connectivity index (χ3v) is 8.50. The molecule has 1 saturated carbocycles. The molecule has 2 rings (SSSR count). The Morgan fingerprint density at radius 3 is 0.931 bits per heavy atom. The summed E-state index contributed by atoms with van der Waals surface area (Å²) in [4.78, 5) is 0. The van der Waals surface area contributed by atoms with Gasteiger partial charge in [-0.05, 0) is 42.1 Å². The molecule has 1 aliphatic heterocycles. The largest absolute Gasteiger partial charge is 3.00 e. The molecule has 172 valence electrons. The fraction of sp³-hybridized carbons (Fsp3) is 0.917. The molecule has 1 heterocycles. The van der Waals surface area contributed by atoms with Gasteiger partial charge in [0, 0.05) is 21.3 Å². The molecule has 0 bridgehead atoms. The molecular weight excluding hydrogens is 477 g/mol. The minimum Gasteiger partial charge on any atom is -0.381 e. The third kappa shape index (κ3) is 21.3. The van der Waals surface area contributed by atoms with Crippen molar-refractivity contribution in [1.82, 2.24) is 0 Å². The van der Waals surface area contributed by atoms with Crippen LogP contribution >= 0.6 is 0 Å². The Bertz CT molecular complexity index is 347. The molecule has 2 aliphatic rings. The van der Waals surface area contributed by atoms with E-state index in [2.05, 4.69) is 99.7 Å². The summed E-state index contributed by atoms with van der Waals surface area (Å²) in [5, 5.41) is 0. The van der Waals surface area contributed by atoms with Gasteiger partial charge < -0.3 is 17.8 Å². The van der Waals surface area contributed by atoms with E-state index in [9.17, 15) is 0 Å². The normalized spacial score (nSPS) is 29.3. The maximum absolute atomic E-state index is 4.94. The molecule has 0 aromatic rings. The Hall–Kier alpha value is 1.71. The van der Waals surface area contributed by atoms with Gasteiger partial charge >= 0.3 is 32.7 Å². The van der Waals surface area contributed by atoms with Crippen molar-refractivity contribution in [2.45, 2.75) is 105 Å². The van der Waals surface area contributed by atoms with E-state index >= 15 is 0 Å². The van der Waals surface area contributed by atoms with E-state index in [-0.39, 0.29) is 32.7 Å². The first-order chi connectivity index (χ1) is 12.3. The second kappa shape index (κ2) is 15.5. The van der Waals surface area contributed by atoms with E-state index in [0.717, 1.165) is 42.4 Å². The molecule has 0 radical (unpaired) electrons. The zero-order valence-corrected chi connectivity index (χ0v) is 28.5. The van der Waals surface area contributed by atoms with Gasteiger partial charge in [-0.2, -0.15) is 0 Å². The fourth-order valence-corrected chi connectivity index (χ4v) is 7.94. The van der Waals surface area contributed by atoms with Crippen LogP contribution in [0.2, 0.25) is 64.5 Å². The summed E-state index contributed by atoms with van der Waals surface area (Å²) >= 11 is 0. The Kier molecular flexibility index (Phi) is 18.9. The fourth-order valence-electron chi connectivity index (χ4n) is 4.18. The molecule has 1 nitrogen and oxygen atoms in total. The van der Waals surface area contributed by atoms with Crippen LogP contribution in [-0.2, 0) is 37.4 Å². The number of ether oxygens (including phenoxy) is 1. The van der Waals surface area contributed by atoms with Crippen molar-refractivity contribution in [2.24, 2.45) is 23.7 Å². The van der Waals surface area contributed by atoms with Crippen molar-refractivity contribution in [3.05, 3.63) is 13.1 Å². The summed E-state index contributed by atoms with van der Waals surface area (Å²) in [6.07, 6.45) is 2.56. The monoisotopic (exact) mass is 533 g/mol. The van der Waals surface area contributed by atoms with Gasteiger partial charge in [-0.1, -0.05) is 86.6 Å². The molecule has 5 heteroatoms. The third-order valence-electron chi connectivity index (χ3n) is 5.45. The van der Waals surface area contributed by atoms with Crippen LogP contribution < -0.4 is 0 Å². The van der Waals surface area contributed by atoms with E-state index in [0.29, 0.717) is 0 Å². The standard InChI is InChI=1S/C12H26Si.C4H8O.2C4H11Si.Y/c1-8-9(2)11(4)12(10(8)3)13(5,6)7;1-2-4-5-3-1;2*1-5(2,3)4;/h8-12H,1-7H3;1-4H2;2*1H2,2-4H3;/q;;2*-1;+3. The van der Waals surface area contributed by atoms with Gasteiger partial charge in [0.2, 0.25) is 0 Å². The first-order valence-electron chi connectivity index (χ1n) is 11.5. The van der Waals surface area contributed by atoms with E-state index < -0.39 is 24.2 Å². The van der Waals surface area contributed by atoms with Gasteiger partial charge in [0.1, 0.15) is 0 Å². The van der Waals surface area contributed by atoms with E-state index in [1.54, 1.807) is 0 Å². The van der Waals surface area contributed by atoms with E-state index in [1.165, 1.54) is 12.8 Å². The average Bonchev–Trinajstić information content (AvgIpc) is 3.04. The summed E-state index contributed by atoms with van der Waals surface area (Å²) in [5.74, 6) is 3.78. The number of hydrogen-bond acceptors (Lipinski definition) is 1. The molecule has 0 aromatic carbocycles. The topological polar surface area (TPSA) is 9.23 Å². The van der Waals surface area contributed by atoms with Crippen molar-refractivity contribution in [3.8, 4) is 0 Å². The van der Waals surface area contributed by atoms with E-state index in [1.807, 2.05) is 0 Å². The summed E-state index contributed by atoms with van der Waals surface area (Å²) in [7, 11) is -2.66. The maximum Gasteiger partial charge on any atom is 3.00 e. The van der Waals surface area contributed by atoms with Crippen LogP contribution in [0.25, 0.3) is 0 Å². The van der Waals surface area contributed by atoms with Gasteiger partial charge in [0.25, 0.3) is 0 Å². The molecule has 2 fully saturated rings. The van der Waals surface area contributed by atoms with Crippen LogP contribution in [-0.4, -0.2) is 37.4 Å². The van der Waals surface area contributed by atoms with Gasteiger partial charge in [-0.15, -0.1) is 16.1 Å². The van der Waals surface area contributed by atoms with Gasteiger partial charge in [-0.3, -0.25) is 0 Å². The molecule has 0 N–H and O–H groups in total. The number of hydrogen-bond donors (Lipinski definition) is 0. The summed E-state index contributed by atoms with van der Waals surface area (Å²) < 4.78 is 4.94. The second-order valence-corrected chi connectivity index (χ2v) is 28.4. The second-order valence-electron chi connectivity index (χ2n) is 12.8. The van der Waals surface area contributed by atoms with Gasteiger partial charge in [-0.25, -0.2) is 0 Å². The molecule has 0 spiro atoms. The maximum atomic E-state index is 4.94.